The monoisotopic (exact) mass is 439 g/mol. The Morgan fingerprint density at radius 1 is 1.09 bits per heavy atom. The van der Waals surface area contributed by atoms with Crippen LogP contribution in [-0.4, -0.2) is 37.3 Å². The summed E-state index contributed by atoms with van der Waals surface area (Å²) in [6, 6.07) is 0. The van der Waals surface area contributed by atoms with Gasteiger partial charge in [0.05, 0.1) is 6.10 Å². The molecule has 0 atom stereocenters. The summed E-state index contributed by atoms with van der Waals surface area (Å²) < 4.78 is 6.02. The van der Waals surface area contributed by atoms with Crippen molar-refractivity contribution < 1.29 is 4.74 Å². The molecule has 0 aromatic carbocycles. The van der Waals surface area contributed by atoms with E-state index in [2.05, 4.69) is 43.3 Å². The van der Waals surface area contributed by atoms with Gasteiger partial charge in [-0.2, -0.15) is 0 Å². The van der Waals surface area contributed by atoms with Crippen LogP contribution in [0.15, 0.2) is 4.99 Å². The average Bonchev–Trinajstić information content (AvgIpc) is 2.69. The van der Waals surface area contributed by atoms with Crippen molar-refractivity contribution >= 4 is 29.9 Å². The van der Waals surface area contributed by atoms with Gasteiger partial charge in [0.15, 0.2) is 5.96 Å². The minimum absolute atomic E-state index is 0. The molecule has 0 heterocycles. The molecule has 23 heavy (non-hydrogen) atoms. The van der Waals surface area contributed by atoms with Crippen LogP contribution in [0.25, 0.3) is 0 Å². The van der Waals surface area contributed by atoms with Gasteiger partial charge < -0.3 is 15.4 Å². The topological polar surface area (TPSA) is 45.7 Å². The van der Waals surface area contributed by atoms with Crippen LogP contribution < -0.4 is 10.6 Å². The van der Waals surface area contributed by atoms with Crippen molar-refractivity contribution in [3.63, 3.8) is 0 Å². The van der Waals surface area contributed by atoms with Crippen molar-refractivity contribution in [3.8, 4) is 0 Å². The molecule has 0 radical (unpaired) electrons. The van der Waals surface area contributed by atoms with E-state index in [0.717, 1.165) is 38.5 Å². The second-order valence-corrected chi connectivity index (χ2v) is 7.33. The van der Waals surface area contributed by atoms with E-state index in [4.69, 9.17) is 4.74 Å². The molecule has 5 heteroatoms. The molecule has 0 aromatic heterocycles. The number of aliphatic imine (C=N–C) groups is 1. The highest BCUT2D eigenvalue weighted by Gasteiger charge is 2.12. The highest BCUT2D eigenvalue weighted by molar-refractivity contribution is 14.0. The van der Waals surface area contributed by atoms with Crippen LogP contribution in [0.4, 0.5) is 0 Å². The summed E-state index contributed by atoms with van der Waals surface area (Å²) in [5, 5.41) is 6.71. The number of ether oxygens (including phenoxy) is 1. The van der Waals surface area contributed by atoms with Crippen LogP contribution in [0.1, 0.15) is 79.1 Å². The van der Waals surface area contributed by atoms with Crippen molar-refractivity contribution in [2.45, 2.75) is 90.7 Å². The Bertz CT molecular complexity index is 308. The van der Waals surface area contributed by atoms with E-state index in [1.165, 1.54) is 38.5 Å². The molecule has 0 saturated heterocycles. The third kappa shape index (κ3) is 13.0. The molecule has 4 nitrogen and oxygen atoms in total. The summed E-state index contributed by atoms with van der Waals surface area (Å²) in [4.78, 5) is 4.64. The lowest BCUT2D eigenvalue weighted by molar-refractivity contribution is 0.0413. The van der Waals surface area contributed by atoms with E-state index < -0.39 is 0 Å². The van der Waals surface area contributed by atoms with E-state index in [-0.39, 0.29) is 29.5 Å². The van der Waals surface area contributed by atoms with Crippen LogP contribution >= 0.6 is 24.0 Å². The second-order valence-electron chi connectivity index (χ2n) is 7.33. The smallest absolute Gasteiger partial charge is 0.191 e. The van der Waals surface area contributed by atoms with Gasteiger partial charge in [0, 0.05) is 25.2 Å². The standard InChI is InChI=1S/C18H37N3O.HI/c1-5-19-17(21-18(2,3)4)20-14-10-11-15-22-16-12-8-6-7-9-13-16;/h16H,5-15H2,1-4H3,(H2,19,20,21);1H. The zero-order chi connectivity index (χ0) is 16.3. The lowest BCUT2D eigenvalue weighted by Crippen LogP contribution is -2.47. The van der Waals surface area contributed by atoms with Gasteiger partial charge in [-0.25, -0.2) is 0 Å². The van der Waals surface area contributed by atoms with E-state index in [1.54, 1.807) is 0 Å². The molecule has 2 N–H and O–H groups in total. The lowest BCUT2D eigenvalue weighted by Gasteiger charge is -2.23. The van der Waals surface area contributed by atoms with Crippen LogP contribution in [0.5, 0.6) is 0 Å². The number of unbranched alkanes of at least 4 members (excludes halogenated alkanes) is 1. The third-order valence-electron chi connectivity index (χ3n) is 3.82. The Kier molecular flexibility index (Phi) is 13.3. The summed E-state index contributed by atoms with van der Waals surface area (Å²) in [5.74, 6) is 0.916. The van der Waals surface area contributed by atoms with E-state index in [9.17, 15) is 0 Å². The Labute approximate surface area is 160 Å². The first-order valence-corrected chi connectivity index (χ1v) is 9.19. The van der Waals surface area contributed by atoms with Crippen molar-refractivity contribution in [3.05, 3.63) is 0 Å². The SMILES string of the molecule is CCNC(=NCCCCOC1CCCCCC1)NC(C)(C)C.I. The number of hydrogen-bond donors (Lipinski definition) is 2. The Morgan fingerprint density at radius 3 is 2.30 bits per heavy atom. The maximum atomic E-state index is 6.02. The molecule has 0 bridgehead atoms. The van der Waals surface area contributed by atoms with E-state index in [1.807, 2.05) is 0 Å². The molecular weight excluding hydrogens is 401 g/mol. The molecule has 0 aromatic rings. The van der Waals surface area contributed by atoms with Crippen molar-refractivity contribution in [1.29, 1.82) is 0 Å². The van der Waals surface area contributed by atoms with Crippen LogP contribution in [-0.2, 0) is 4.74 Å². The molecule has 0 unspecified atom stereocenters. The normalized spacial score (nSPS) is 17.3. The quantitative estimate of drug-likeness (QED) is 0.202. The molecule has 1 rings (SSSR count). The van der Waals surface area contributed by atoms with Gasteiger partial charge in [0.1, 0.15) is 0 Å². The summed E-state index contributed by atoms with van der Waals surface area (Å²) in [6.07, 6.45) is 10.7. The van der Waals surface area contributed by atoms with Gasteiger partial charge in [-0.15, -0.1) is 24.0 Å². The average molecular weight is 439 g/mol. The first-order valence-electron chi connectivity index (χ1n) is 9.19. The fraction of sp³-hybridized carbons (Fsp3) is 0.944. The zero-order valence-corrected chi connectivity index (χ0v) is 17.9. The second kappa shape index (κ2) is 13.3. The predicted octanol–water partition coefficient (Wildman–Crippen LogP) is 4.48. The first-order chi connectivity index (χ1) is 10.5. The molecule has 1 fully saturated rings. The van der Waals surface area contributed by atoms with Gasteiger partial charge in [-0.3, -0.25) is 4.99 Å². The summed E-state index contributed by atoms with van der Waals surface area (Å²) >= 11 is 0. The van der Waals surface area contributed by atoms with Crippen LogP contribution in [0.2, 0.25) is 0 Å². The molecule has 0 amide bonds. The van der Waals surface area contributed by atoms with Gasteiger partial charge >= 0.3 is 0 Å². The van der Waals surface area contributed by atoms with E-state index in [0.29, 0.717) is 6.10 Å². The number of nitrogens with one attached hydrogen (secondary N) is 2. The number of guanidine groups is 1. The Morgan fingerprint density at radius 2 is 1.74 bits per heavy atom. The fourth-order valence-electron chi connectivity index (χ4n) is 2.73. The molecule has 1 aliphatic carbocycles. The minimum Gasteiger partial charge on any atom is -0.378 e. The van der Waals surface area contributed by atoms with E-state index >= 15 is 0 Å². The zero-order valence-electron chi connectivity index (χ0n) is 15.6. The maximum absolute atomic E-state index is 6.02. The highest BCUT2D eigenvalue weighted by Crippen LogP contribution is 2.19. The summed E-state index contributed by atoms with van der Waals surface area (Å²) in [7, 11) is 0. The highest BCUT2D eigenvalue weighted by atomic mass is 127. The van der Waals surface area contributed by atoms with Gasteiger partial charge in [-0.1, -0.05) is 25.7 Å². The lowest BCUT2D eigenvalue weighted by atomic mass is 10.1. The van der Waals surface area contributed by atoms with Gasteiger partial charge in [0.25, 0.3) is 0 Å². The van der Waals surface area contributed by atoms with Gasteiger partial charge in [0.2, 0.25) is 0 Å². The fourth-order valence-corrected chi connectivity index (χ4v) is 2.73. The van der Waals surface area contributed by atoms with Crippen molar-refractivity contribution in [2.24, 2.45) is 4.99 Å². The molecular formula is C18H38IN3O. The molecule has 0 spiro atoms. The van der Waals surface area contributed by atoms with Crippen molar-refractivity contribution in [2.75, 3.05) is 19.7 Å². The number of nitrogens with zero attached hydrogens (tertiary/aromatic N) is 1. The number of rotatable bonds is 7. The number of hydrogen-bond acceptors (Lipinski definition) is 2. The first kappa shape index (κ1) is 23.0. The summed E-state index contributed by atoms with van der Waals surface area (Å²) in [5.41, 5.74) is 0.0452. The number of halogens is 1. The van der Waals surface area contributed by atoms with Crippen molar-refractivity contribution in [1.82, 2.24) is 10.6 Å². The van der Waals surface area contributed by atoms with Crippen LogP contribution in [0, 0.1) is 0 Å². The Balaban J connectivity index is 0.00000484. The Hall–Kier alpha value is -0.0400. The minimum atomic E-state index is 0. The van der Waals surface area contributed by atoms with Gasteiger partial charge in [-0.05, 0) is 53.4 Å². The third-order valence-corrected chi connectivity index (χ3v) is 3.82. The molecule has 138 valence electrons. The largest absolute Gasteiger partial charge is 0.378 e. The predicted molar refractivity (Wildman–Crippen MR) is 111 cm³/mol. The molecule has 1 aliphatic rings. The molecule has 1 saturated carbocycles. The maximum Gasteiger partial charge on any atom is 0.191 e. The molecule has 0 aliphatic heterocycles. The van der Waals surface area contributed by atoms with Crippen LogP contribution in [0.3, 0.4) is 0 Å². The summed E-state index contributed by atoms with van der Waals surface area (Å²) in [6.45, 7) is 11.2.